The van der Waals surface area contributed by atoms with Gasteiger partial charge in [-0.05, 0) is 31.1 Å². The molecule has 4 heteroatoms. The van der Waals surface area contributed by atoms with Crippen molar-refractivity contribution in [3.05, 3.63) is 0 Å². The molecule has 0 radical (unpaired) electrons. The Labute approximate surface area is 111 Å². The molecule has 1 saturated carbocycles. The first-order chi connectivity index (χ1) is 8.30. The smallest absolute Gasteiger partial charge is 0.221 e. The number of carbonyl (C=O) groups is 1. The molecular weight excluding hydrogens is 228 g/mol. The van der Waals surface area contributed by atoms with Crippen LogP contribution in [0.5, 0.6) is 0 Å². The molecule has 3 unspecified atom stereocenters. The van der Waals surface area contributed by atoms with Crippen molar-refractivity contribution in [1.82, 2.24) is 5.32 Å². The second kappa shape index (κ2) is 6.53. The lowest BCUT2D eigenvalue weighted by Crippen LogP contribution is -2.38. The van der Waals surface area contributed by atoms with Gasteiger partial charge < -0.3 is 15.8 Å². The summed E-state index contributed by atoms with van der Waals surface area (Å²) in [6, 6.07) is 0.217. The van der Waals surface area contributed by atoms with Crippen LogP contribution >= 0.6 is 0 Å². The van der Waals surface area contributed by atoms with Gasteiger partial charge in [0.05, 0.1) is 6.10 Å². The minimum absolute atomic E-state index is 0.0513. The van der Waals surface area contributed by atoms with Crippen LogP contribution in [0.4, 0.5) is 0 Å². The third-order valence-electron chi connectivity index (χ3n) is 3.41. The van der Waals surface area contributed by atoms with Crippen molar-refractivity contribution in [1.29, 1.82) is 0 Å². The maximum Gasteiger partial charge on any atom is 0.221 e. The lowest BCUT2D eigenvalue weighted by atomic mass is 9.87. The molecule has 3 N–H and O–H groups in total. The molecule has 3 atom stereocenters. The zero-order chi connectivity index (χ0) is 13.8. The van der Waals surface area contributed by atoms with Crippen LogP contribution in [0, 0.1) is 5.41 Å². The van der Waals surface area contributed by atoms with Gasteiger partial charge in [0.1, 0.15) is 0 Å². The minimum Gasteiger partial charge on any atom is -0.381 e. The van der Waals surface area contributed by atoms with Gasteiger partial charge in [0.25, 0.3) is 0 Å². The van der Waals surface area contributed by atoms with E-state index in [4.69, 9.17) is 10.5 Å². The predicted molar refractivity (Wildman–Crippen MR) is 73.2 cm³/mol. The number of amides is 1. The number of methoxy groups -OCH3 is 1. The highest BCUT2D eigenvalue weighted by Gasteiger charge is 2.26. The van der Waals surface area contributed by atoms with Crippen LogP contribution in [0.25, 0.3) is 0 Å². The standard InChI is InChI=1S/C14H28N2O2/c1-14(2,3)9-10(15)7-13(17)16-11-5-6-12(8-11)18-4/h10-12H,5-9,15H2,1-4H3,(H,16,17). The van der Waals surface area contributed by atoms with Gasteiger partial charge in [0.2, 0.25) is 5.91 Å². The summed E-state index contributed by atoms with van der Waals surface area (Å²) in [5.74, 6) is 0.0773. The Morgan fingerprint density at radius 3 is 2.61 bits per heavy atom. The van der Waals surface area contributed by atoms with Crippen molar-refractivity contribution >= 4 is 5.91 Å². The number of nitrogens with two attached hydrogens (primary N) is 1. The summed E-state index contributed by atoms with van der Waals surface area (Å²) in [5.41, 5.74) is 6.18. The molecular formula is C14H28N2O2. The summed E-state index contributed by atoms with van der Waals surface area (Å²) in [4.78, 5) is 11.9. The number of carbonyl (C=O) groups excluding carboxylic acids is 1. The van der Waals surface area contributed by atoms with E-state index in [2.05, 4.69) is 26.1 Å². The van der Waals surface area contributed by atoms with Gasteiger partial charge in [0, 0.05) is 25.6 Å². The van der Waals surface area contributed by atoms with Gasteiger partial charge in [-0.25, -0.2) is 0 Å². The maximum absolute atomic E-state index is 11.9. The molecule has 1 rings (SSSR count). The number of hydrogen-bond donors (Lipinski definition) is 2. The summed E-state index contributed by atoms with van der Waals surface area (Å²) in [5, 5.41) is 3.06. The summed E-state index contributed by atoms with van der Waals surface area (Å²) >= 11 is 0. The quantitative estimate of drug-likeness (QED) is 0.788. The van der Waals surface area contributed by atoms with Crippen molar-refractivity contribution < 1.29 is 9.53 Å². The Balaban J connectivity index is 2.25. The van der Waals surface area contributed by atoms with Crippen LogP contribution in [-0.4, -0.2) is 31.2 Å². The number of rotatable bonds is 5. The average Bonchev–Trinajstić information content (AvgIpc) is 2.61. The molecule has 1 aliphatic rings. The van der Waals surface area contributed by atoms with Gasteiger partial charge >= 0.3 is 0 Å². The van der Waals surface area contributed by atoms with Gasteiger partial charge in [-0.2, -0.15) is 0 Å². The van der Waals surface area contributed by atoms with E-state index in [9.17, 15) is 4.79 Å². The topological polar surface area (TPSA) is 64.3 Å². The predicted octanol–water partition coefficient (Wildman–Crippen LogP) is 1.82. The Bertz CT molecular complexity index is 273. The first-order valence-corrected chi connectivity index (χ1v) is 6.88. The van der Waals surface area contributed by atoms with Crippen molar-refractivity contribution in [2.45, 2.75) is 71.1 Å². The fourth-order valence-electron chi connectivity index (χ4n) is 2.67. The van der Waals surface area contributed by atoms with Crippen molar-refractivity contribution in [3.8, 4) is 0 Å². The molecule has 0 saturated heterocycles. The van der Waals surface area contributed by atoms with Crippen LogP contribution in [-0.2, 0) is 9.53 Å². The molecule has 1 amide bonds. The van der Waals surface area contributed by atoms with Gasteiger partial charge in [-0.1, -0.05) is 20.8 Å². The van der Waals surface area contributed by atoms with Crippen molar-refractivity contribution in [2.75, 3.05) is 7.11 Å². The lowest BCUT2D eigenvalue weighted by molar-refractivity contribution is -0.122. The largest absolute Gasteiger partial charge is 0.381 e. The maximum atomic E-state index is 11.9. The molecule has 0 bridgehead atoms. The molecule has 106 valence electrons. The Morgan fingerprint density at radius 1 is 1.44 bits per heavy atom. The van der Waals surface area contributed by atoms with E-state index < -0.39 is 0 Å². The van der Waals surface area contributed by atoms with Crippen molar-refractivity contribution in [2.24, 2.45) is 11.1 Å². The molecule has 0 aliphatic heterocycles. The van der Waals surface area contributed by atoms with E-state index >= 15 is 0 Å². The highest BCUT2D eigenvalue weighted by atomic mass is 16.5. The lowest BCUT2D eigenvalue weighted by Gasteiger charge is -2.23. The second-order valence-electron chi connectivity index (χ2n) is 6.66. The van der Waals surface area contributed by atoms with Crippen LogP contribution in [0.1, 0.15) is 52.9 Å². The molecule has 0 aromatic heterocycles. The monoisotopic (exact) mass is 256 g/mol. The van der Waals surface area contributed by atoms with Gasteiger partial charge in [0.15, 0.2) is 0 Å². The van der Waals surface area contributed by atoms with E-state index in [0.29, 0.717) is 12.5 Å². The molecule has 18 heavy (non-hydrogen) atoms. The second-order valence-corrected chi connectivity index (χ2v) is 6.66. The molecule has 0 heterocycles. The van der Waals surface area contributed by atoms with Crippen LogP contribution in [0.15, 0.2) is 0 Å². The summed E-state index contributed by atoms with van der Waals surface area (Å²) in [6.07, 6.45) is 4.57. The van der Waals surface area contributed by atoms with Crippen molar-refractivity contribution in [3.63, 3.8) is 0 Å². The number of hydrogen-bond acceptors (Lipinski definition) is 3. The molecule has 1 aliphatic carbocycles. The molecule has 0 aromatic carbocycles. The van der Waals surface area contributed by atoms with E-state index in [1.165, 1.54) is 0 Å². The molecule has 1 fully saturated rings. The first kappa shape index (κ1) is 15.4. The van der Waals surface area contributed by atoms with Crippen LogP contribution in [0.2, 0.25) is 0 Å². The number of nitrogens with one attached hydrogen (secondary N) is 1. The Morgan fingerprint density at radius 2 is 2.11 bits per heavy atom. The highest BCUT2D eigenvalue weighted by Crippen LogP contribution is 2.23. The summed E-state index contributed by atoms with van der Waals surface area (Å²) in [6.45, 7) is 6.43. The Hall–Kier alpha value is -0.610. The molecule has 0 spiro atoms. The fourth-order valence-corrected chi connectivity index (χ4v) is 2.67. The SMILES string of the molecule is COC1CCC(NC(=O)CC(N)CC(C)(C)C)C1. The highest BCUT2D eigenvalue weighted by molar-refractivity contribution is 5.76. The van der Waals surface area contributed by atoms with E-state index in [1.807, 2.05) is 0 Å². The molecule has 0 aromatic rings. The summed E-state index contributed by atoms with van der Waals surface area (Å²) in [7, 11) is 1.73. The molecule has 4 nitrogen and oxygen atoms in total. The van der Waals surface area contributed by atoms with E-state index in [1.54, 1.807) is 7.11 Å². The van der Waals surface area contributed by atoms with Crippen LogP contribution in [0.3, 0.4) is 0 Å². The third kappa shape index (κ3) is 5.83. The zero-order valence-electron chi connectivity index (χ0n) is 12.2. The van der Waals surface area contributed by atoms with E-state index in [-0.39, 0.29) is 23.4 Å². The Kier molecular flexibility index (Phi) is 5.60. The third-order valence-corrected chi connectivity index (χ3v) is 3.41. The van der Waals surface area contributed by atoms with Crippen LogP contribution < -0.4 is 11.1 Å². The minimum atomic E-state index is -0.0513. The van der Waals surface area contributed by atoms with Gasteiger partial charge in [-0.15, -0.1) is 0 Å². The fraction of sp³-hybridized carbons (Fsp3) is 0.929. The summed E-state index contributed by atoms with van der Waals surface area (Å²) < 4.78 is 5.29. The zero-order valence-corrected chi connectivity index (χ0v) is 12.2. The normalized spacial score (nSPS) is 26.1. The van der Waals surface area contributed by atoms with Gasteiger partial charge in [-0.3, -0.25) is 4.79 Å². The average molecular weight is 256 g/mol. The van der Waals surface area contributed by atoms with E-state index in [0.717, 1.165) is 25.7 Å². The number of ether oxygens (including phenoxy) is 1. The first-order valence-electron chi connectivity index (χ1n) is 6.88.